The van der Waals surface area contributed by atoms with Gasteiger partial charge in [-0.05, 0) is 36.8 Å². The van der Waals surface area contributed by atoms with Gasteiger partial charge in [0.15, 0.2) is 0 Å². The highest BCUT2D eigenvalue weighted by Gasteiger charge is 2.36. The van der Waals surface area contributed by atoms with Crippen LogP contribution in [0.15, 0.2) is 36.4 Å². The number of aryl methyl sites for hydroxylation is 1. The number of carbonyl (C=O) groups excluding carboxylic acids is 2. The van der Waals surface area contributed by atoms with Crippen LogP contribution in [-0.4, -0.2) is 32.6 Å². The Balaban J connectivity index is 1.76. The fourth-order valence-corrected chi connectivity index (χ4v) is 3.09. The number of ether oxygens (including phenoxy) is 2. The van der Waals surface area contributed by atoms with Gasteiger partial charge in [-0.25, -0.2) is 4.39 Å². The zero-order valence-corrected chi connectivity index (χ0v) is 15.4. The normalized spacial score (nSPS) is 16.4. The summed E-state index contributed by atoms with van der Waals surface area (Å²) in [6.45, 7) is 1.90. The molecule has 3 rings (SSSR count). The van der Waals surface area contributed by atoms with Gasteiger partial charge in [-0.2, -0.15) is 0 Å². The SMILES string of the molecule is COc1ccc(OC)c(NC(=O)C2CC(=O)N(c3ccc(C)cc3F)C2)c1. The van der Waals surface area contributed by atoms with Crippen molar-refractivity contribution in [2.24, 2.45) is 5.92 Å². The van der Waals surface area contributed by atoms with E-state index in [0.29, 0.717) is 17.2 Å². The molecule has 142 valence electrons. The second-order valence-corrected chi connectivity index (χ2v) is 6.42. The number of halogens is 1. The number of rotatable bonds is 5. The third kappa shape index (κ3) is 3.86. The minimum absolute atomic E-state index is 0.0193. The summed E-state index contributed by atoms with van der Waals surface area (Å²) < 4.78 is 24.6. The molecule has 0 spiro atoms. The Labute approximate surface area is 156 Å². The van der Waals surface area contributed by atoms with Gasteiger partial charge in [-0.15, -0.1) is 0 Å². The van der Waals surface area contributed by atoms with Crippen LogP contribution in [0.1, 0.15) is 12.0 Å². The predicted octanol–water partition coefficient (Wildman–Crippen LogP) is 3.14. The van der Waals surface area contributed by atoms with Gasteiger partial charge in [0.05, 0.1) is 31.5 Å². The summed E-state index contributed by atoms with van der Waals surface area (Å²) in [7, 11) is 3.02. The van der Waals surface area contributed by atoms with Crippen molar-refractivity contribution in [1.82, 2.24) is 0 Å². The third-order valence-corrected chi connectivity index (χ3v) is 4.55. The molecule has 27 heavy (non-hydrogen) atoms. The summed E-state index contributed by atoms with van der Waals surface area (Å²) in [5.41, 5.74) is 1.41. The maximum atomic E-state index is 14.2. The number of nitrogens with zero attached hydrogens (tertiary/aromatic N) is 1. The van der Waals surface area contributed by atoms with Gasteiger partial charge in [0, 0.05) is 19.0 Å². The van der Waals surface area contributed by atoms with E-state index >= 15 is 0 Å². The molecule has 2 amide bonds. The average Bonchev–Trinajstić information content (AvgIpc) is 3.03. The third-order valence-electron chi connectivity index (χ3n) is 4.55. The van der Waals surface area contributed by atoms with E-state index in [2.05, 4.69) is 5.32 Å². The molecule has 0 bridgehead atoms. The number of amides is 2. The highest BCUT2D eigenvalue weighted by molar-refractivity contribution is 6.04. The largest absolute Gasteiger partial charge is 0.497 e. The van der Waals surface area contributed by atoms with Crippen molar-refractivity contribution in [2.75, 3.05) is 31.0 Å². The number of hydrogen-bond acceptors (Lipinski definition) is 4. The molecule has 1 aliphatic rings. The maximum absolute atomic E-state index is 14.2. The smallest absolute Gasteiger partial charge is 0.229 e. The summed E-state index contributed by atoms with van der Waals surface area (Å²) in [5.74, 6) is -0.625. The highest BCUT2D eigenvalue weighted by Crippen LogP contribution is 2.32. The minimum atomic E-state index is -0.589. The van der Waals surface area contributed by atoms with Crippen molar-refractivity contribution in [3.8, 4) is 11.5 Å². The summed E-state index contributed by atoms with van der Waals surface area (Å²) in [4.78, 5) is 26.3. The van der Waals surface area contributed by atoms with Gasteiger partial charge in [0.25, 0.3) is 0 Å². The number of hydrogen-bond donors (Lipinski definition) is 1. The Bertz CT molecular complexity index is 884. The number of carbonyl (C=O) groups is 2. The van der Waals surface area contributed by atoms with E-state index < -0.39 is 11.7 Å². The van der Waals surface area contributed by atoms with Crippen molar-refractivity contribution in [3.05, 3.63) is 47.8 Å². The Hall–Kier alpha value is -3.09. The van der Waals surface area contributed by atoms with Crippen LogP contribution in [0.3, 0.4) is 0 Å². The van der Waals surface area contributed by atoms with Gasteiger partial charge in [-0.3, -0.25) is 9.59 Å². The molecular weight excluding hydrogens is 351 g/mol. The molecule has 0 aliphatic carbocycles. The standard InChI is InChI=1S/C20H21FN2O4/c1-12-4-6-17(15(21)8-12)23-11-13(9-19(23)24)20(25)22-16-10-14(26-2)5-7-18(16)27-3/h4-8,10,13H,9,11H2,1-3H3,(H,22,25). The molecule has 2 aromatic rings. The van der Waals surface area contributed by atoms with Crippen LogP contribution in [0.25, 0.3) is 0 Å². The zero-order valence-electron chi connectivity index (χ0n) is 15.4. The van der Waals surface area contributed by atoms with Crippen LogP contribution in [0.5, 0.6) is 11.5 Å². The first-order valence-corrected chi connectivity index (χ1v) is 8.52. The van der Waals surface area contributed by atoms with E-state index in [1.54, 1.807) is 37.3 Å². The van der Waals surface area contributed by atoms with Crippen molar-refractivity contribution in [2.45, 2.75) is 13.3 Å². The Morgan fingerprint density at radius 2 is 1.96 bits per heavy atom. The maximum Gasteiger partial charge on any atom is 0.229 e. The summed E-state index contributed by atoms with van der Waals surface area (Å²) in [6, 6.07) is 9.72. The van der Waals surface area contributed by atoms with Crippen LogP contribution in [-0.2, 0) is 9.59 Å². The van der Waals surface area contributed by atoms with E-state index in [4.69, 9.17) is 9.47 Å². The number of methoxy groups -OCH3 is 2. The van der Waals surface area contributed by atoms with Gasteiger partial charge in [0.2, 0.25) is 11.8 Å². The number of benzene rings is 2. The second-order valence-electron chi connectivity index (χ2n) is 6.42. The molecule has 1 saturated heterocycles. The van der Waals surface area contributed by atoms with E-state index in [-0.39, 0.29) is 30.5 Å². The highest BCUT2D eigenvalue weighted by atomic mass is 19.1. The van der Waals surface area contributed by atoms with Crippen molar-refractivity contribution in [3.63, 3.8) is 0 Å². The lowest BCUT2D eigenvalue weighted by Gasteiger charge is -2.18. The van der Waals surface area contributed by atoms with Crippen LogP contribution in [0.2, 0.25) is 0 Å². The molecule has 7 heteroatoms. The van der Waals surface area contributed by atoms with Crippen LogP contribution in [0.4, 0.5) is 15.8 Å². The first-order chi connectivity index (χ1) is 12.9. The summed E-state index contributed by atoms with van der Waals surface area (Å²) in [6.07, 6.45) is 0.0193. The zero-order chi connectivity index (χ0) is 19.6. The van der Waals surface area contributed by atoms with E-state index in [9.17, 15) is 14.0 Å². The first kappa shape index (κ1) is 18.7. The molecule has 0 aromatic heterocycles. The Kier molecular flexibility index (Phi) is 5.30. The fourth-order valence-electron chi connectivity index (χ4n) is 3.09. The van der Waals surface area contributed by atoms with Crippen LogP contribution < -0.4 is 19.7 Å². The topological polar surface area (TPSA) is 67.9 Å². The average molecular weight is 372 g/mol. The molecule has 2 aromatic carbocycles. The van der Waals surface area contributed by atoms with Gasteiger partial charge < -0.3 is 19.7 Å². The molecular formula is C20H21FN2O4. The second kappa shape index (κ2) is 7.65. The molecule has 0 saturated carbocycles. The van der Waals surface area contributed by atoms with Crippen LogP contribution >= 0.6 is 0 Å². The fraction of sp³-hybridized carbons (Fsp3) is 0.300. The first-order valence-electron chi connectivity index (χ1n) is 8.52. The summed E-state index contributed by atoms with van der Waals surface area (Å²) >= 11 is 0. The van der Waals surface area contributed by atoms with E-state index in [1.165, 1.54) is 25.2 Å². The van der Waals surface area contributed by atoms with Crippen molar-refractivity contribution < 1.29 is 23.5 Å². The lowest BCUT2D eigenvalue weighted by molar-refractivity contribution is -0.122. The molecule has 1 N–H and O–H groups in total. The van der Waals surface area contributed by atoms with Crippen molar-refractivity contribution >= 4 is 23.2 Å². The minimum Gasteiger partial charge on any atom is -0.497 e. The quantitative estimate of drug-likeness (QED) is 0.876. The number of anilines is 2. The number of nitrogens with one attached hydrogen (secondary N) is 1. The summed E-state index contributed by atoms with van der Waals surface area (Å²) in [5, 5.41) is 2.78. The van der Waals surface area contributed by atoms with Gasteiger partial charge >= 0.3 is 0 Å². The monoisotopic (exact) mass is 372 g/mol. The van der Waals surface area contributed by atoms with E-state index in [1.807, 2.05) is 0 Å². The molecule has 6 nitrogen and oxygen atoms in total. The van der Waals surface area contributed by atoms with Crippen LogP contribution in [0, 0.1) is 18.7 Å². The van der Waals surface area contributed by atoms with E-state index in [0.717, 1.165) is 5.56 Å². The van der Waals surface area contributed by atoms with Gasteiger partial charge in [0.1, 0.15) is 17.3 Å². The molecule has 1 heterocycles. The molecule has 0 radical (unpaired) electrons. The van der Waals surface area contributed by atoms with Gasteiger partial charge in [-0.1, -0.05) is 6.07 Å². The molecule has 1 aliphatic heterocycles. The predicted molar refractivity (Wildman–Crippen MR) is 99.8 cm³/mol. The lowest BCUT2D eigenvalue weighted by Crippen LogP contribution is -2.28. The van der Waals surface area contributed by atoms with Crippen molar-refractivity contribution in [1.29, 1.82) is 0 Å². The molecule has 1 unspecified atom stereocenters. The molecule has 1 fully saturated rings. The Morgan fingerprint density at radius 1 is 1.19 bits per heavy atom. The lowest BCUT2D eigenvalue weighted by atomic mass is 10.1. The molecule has 1 atom stereocenters. The Morgan fingerprint density at radius 3 is 2.63 bits per heavy atom.